The number of benzene rings is 2. The van der Waals surface area contributed by atoms with Crippen LogP contribution >= 0.6 is 0 Å². The maximum absolute atomic E-state index is 12.7. The summed E-state index contributed by atoms with van der Waals surface area (Å²) in [6.07, 6.45) is 3.25. The number of carbonyl (C=O) groups is 1. The van der Waals surface area contributed by atoms with Gasteiger partial charge < -0.3 is 5.32 Å². The molecule has 1 atom stereocenters. The van der Waals surface area contributed by atoms with E-state index in [0.717, 1.165) is 24.8 Å². The summed E-state index contributed by atoms with van der Waals surface area (Å²) in [5, 5.41) is 2.99. The Hall–Kier alpha value is -2.18. The van der Waals surface area contributed by atoms with Crippen LogP contribution in [0.5, 0.6) is 0 Å². The molecule has 1 unspecified atom stereocenters. The molecule has 1 amide bonds. The van der Waals surface area contributed by atoms with E-state index in [0.29, 0.717) is 18.0 Å². The Balaban J connectivity index is 1.76. The first-order valence-electron chi connectivity index (χ1n) is 8.82. The maximum atomic E-state index is 12.7. The van der Waals surface area contributed by atoms with Crippen molar-refractivity contribution in [3.63, 3.8) is 0 Å². The summed E-state index contributed by atoms with van der Waals surface area (Å²) >= 11 is 0. The van der Waals surface area contributed by atoms with Gasteiger partial charge in [0.25, 0.3) is 5.91 Å². The van der Waals surface area contributed by atoms with Crippen LogP contribution in [0.2, 0.25) is 0 Å². The van der Waals surface area contributed by atoms with Crippen LogP contribution in [-0.2, 0) is 16.4 Å². The first kappa shape index (κ1) is 18.6. The molecule has 1 aliphatic rings. The predicted molar refractivity (Wildman–Crippen MR) is 102 cm³/mol. The number of hydrogen-bond donors (Lipinski definition) is 2. The molecule has 0 saturated carbocycles. The molecule has 5 nitrogen and oxygen atoms in total. The fourth-order valence-corrected chi connectivity index (χ4v) is 4.26. The highest BCUT2D eigenvalue weighted by Gasteiger charge is 2.21. The zero-order valence-corrected chi connectivity index (χ0v) is 15.9. The fourth-order valence-electron chi connectivity index (χ4n) is 3.51. The van der Waals surface area contributed by atoms with E-state index in [1.54, 1.807) is 13.0 Å². The Bertz CT molecular complexity index is 922. The lowest BCUT2D eigenvalue weighted by Gasteiger charge is -2.25. The normalized spacial score (nSPS) is 16.8. The van der Waals surface area contributed by atoms with Crippen molar-refractivity contribution < 1.29 is 13.2 Å². The van der Waals surface area contributed by atoms with Gasteiger partial charge in [0, 0.05) is 18.0 Å². The van der Waals surface area contributed by atoms with E-state index < -0.39 is 10.0 Å². The molecule has 0 aromatic heterocycles. The quantitative estimate of drug-likeness (QED) is 0.847. The summed E-state index contributed by atoms with van der Waals surface area (Å²) in [6, 6.07) is 13.0. The van der Waals surface area contributed by atoms with Crippen molar-refractivity contribution in [3.8, 4) is 0 Å². The van der Waals surface area contributed by atoms with Crippen molar-refractivity contribution in [2.75, 3.05) is 13.6 Å². The average Bonchev–Trinajstić information content (AvgIpc) is 2.66. The Kier molecular flexibility index (Phi) is 5.44. The number of fused-ring (bicyclic) bond motifs is 1. The van der Waals surface area contributed by atoms with Gasteiger partial charge >= 0.3 is 0 Å². The van der Waals surface area contributed by atoms with E-state index in [1.807, 2.05) is 6.07 Å². The highest BCUT2D eigenvalue weighted by Crippen LogP contribution is 2.30. The number of sulfonamides is 1. The lowest BCUT2D eigenvalue weighted by Crippen LogP contribution is -2.30. The van der Waals surface area contributed by atoms with Gasteiger partial charge in [-0.05, 0) is 62.1 Å². The lowest BCUT2D eigenvalue weighted by molar-refractivity contribution is 0.0949. The van der Waals surface area contributed by atoms with Gasteiger partial charge in [0.2, 0.25) is 10.0 Å². The summed E-state index contributed by atoms with van der Waals surface area (Å²) in [5.41, 5.74) is 3.81. The maximum Gasteiger partial charge on any atom is 0.251 e. The van der Waals surface area contributed by atoms with Crippen LogP contribution in [0.4, 0.5) is 0 Å². The van der Waals surface area contributed by atoms with Crippen LogP contribution in [0, 0.1) is 6.92 Å². The van der Waals surface area contributed by atoms with E-state index >= 15 is 0 Å². The van der Waals surface area contributed by atoms with E-state index in [2.05, 4.69) is 28.2 Å². The van der Waals surface area contributed by atoms with Crippen LogP contribution in [-0.4, -0.2) is 27.9 Å². The van der Waals surface area contributed by atoms with Gasteiger partial charge in [-0.25, -0.2) is 13.1 Å². The molecule has 0 aliphatic heterocycles. The van der Waals surface area contributed by atoms with Crippen LogP contribution < -0.4 is 10.0 Å². The second kappa shape index (κ2) is 7.60. The molecular formula is C20H24N2O3S. The molecule has 2 N–H and O–H groups in total. The summed E-state index contributed by atoms with van der Waals surface area (Å²) in [4.78, 5) is 12.8. The minimum Gasteiger partial charge on any atom is -0.351 e. The Morgan fingerprint density at radius 2 is 1.96 bits per heavy atom. The smallest absolute Gasteiger partial charge is 0.251 e. The summed E-state index contributed by atoms with van der Waals surface area (Å²) in [5.74, 6) is 0.0622. The van der Waals surface area contributed by atoms with Crippen molar-refractivity contribution in [2.45, 2.75) is 37.0 Å². The van der Waals surface area contributed by atoms with Crippen LogP contribution in [0.15, 0.2) is 47.4 Å². The number of amides is 1. The largest absolute Gasteiger partial charge is 0.351 e. The number of nitrogens with one attached hydrogen (secondary N) is 2. The van der Waals surface area contributed by atoms with E-state index in [4.69, 9.17) is 0 Å². The van der Waals surface area contributed by atoms with Gasteiger partial charge in [0.15, 0.2) is 0 Å². The Morgan fingerprint density at radius 3 is 2.73 bits per heavy atom. The zero-order valence-electron chi connectivity index (χ0n) is 15.1. The number of rotatable bonds is 5. The Labute approximate surface area is 154 Å². The SMILES string of the molecule is CNS(=O)(=O)c1ccc(C)c(C(=O)NCC2CCCc3ccccc32)c1. The highest BCUT2D eigenvalue weighted by molar-refractivity contribution is 7.89. The molecule has 26 heavy (non-hydrogen) atoms. The monoisotopic (exact) mass is 372 g/mol. The van der Waals surface area contributed by atoms with Gasteiger partial charge in [0.1, 0.15) is 0 Å². The van der Waals surface area contributed by atoms with Crippen molar-refractivity contribution in [2.24, 2.45) is 0 Å². The topological polar surface area (TPSA) is 75.3 Å². The predicted octanol–water partition coefficient (Wildman–Crippen LogP) is 2.75. The summed E-state index contributed by atoms with van der Waals surface area (Å²) in [7, 11) is -2.22. The molecule has 2 aromatic rings. The molecule has 6 heteroatoms. The van der Waals surface area contributed by atoms with Crippen molar-refractivity contribution in [1.29, 1.82) is 0 Å². The Morgan fingerprint density at radius 1 is 1.19 bits per heavy atom. The van der Waals surface area contributed by atoms with Gasteiger partial charge in [-0.3, -0.25) is 4.79 Å². The molecule has 0 fully saturated rings. The second-order valence-electron chi connectivity index (χ2n) is 6.68. The van der Waals surface area contributed by atoms with E-state index in [-0.39, 0.29) is 10.8 Å². The second-order valence-corrected chi connectivity index (χ2v) is 8.57. The molecule has 2 aromatic carbocycles. The molecule has 0 heterocycles. The summed E-state index contributed by atoms with van der Waals surface area (Å²) in [6.45, 7) is 2.36. The molecular weight excluding hydrogens is 348 g/mol. The highest BCUT2D eigenvalue weighted by atomic mass is 32.2. The molecule has 138 valence electrons. The molecule has 0 radical (unpaired) electrons. The van der Waals surface area contributed by atoms with Gasteiger partial charge in [-0.2, -0.15) is 0 Å². The van der Waals surface area contributed by atoms with Crippen molar-refractivity contribution >= 4 is 15.9 Å². The minimum absolute atomic E-state index is 0.0961. The van der Waals surface area contributed by atoms with Crippen LogP contribution in [0.25, 0.3) is 0 Å². The minimum atomic E-state index is -3.58. The van der Waals surface area contributed by atoms with Gasteiger partial charge in [-0.15, -0.1) is 0 Å². The fraction of sp³-hybridized carbons (Fsp3) is 0.350. The number of carbonyl (C=O) groups excluding carboxylic acids is 1. The van der Waals surface area contributed by atoms with Gasteiger partial charge in [-0.1, -0.05) is 30.3 Å². The standard InChI is InChI=1S/C20H24N2O3S/c1-14-10-11-17(26(24,25)21-2)12-19(14)20(23)22-13-16-8-5-7-15-6-3-4-9-18(15)16/h3-4,6,9-12,16,21H,5,7-8,13H2,1-2H3,(H,22,23). The van der Waals surface area contributed by atoms with Crippen molar-refractivity contribution in [1.82, 2.24) is 10.0 Å². The van der Waals surface area contributed by atoms with E-state index in [1.165, 1.54) is 30.3 Å². The number of hydrogen-bond acceptors (Lipinski definition) is 3. The van der Waals surface area contributed by atoms with E-state index in [9.17, 15) is 13.2 Å². The third kappa shape index (κ3) is 3.81. The zero-order chi connectivity index (χ0) is 18.7. The number of aryl methyl sites for hydroxylation is 2. The molecule has 0 spiro atoms. The third-order valence-electron chi connectivity index (χ3n) is 5.04. The molecule has 0 bridgehead atoms. The van der Waals surface area contributed by atoms with Crippen LogP contribution in [0.1, 0.15) is 45.8 Å². The molecule has 0 saturated heterocycles. The first-order valence-corrected chi connectivity index (χ1v) is 10.3. The lowest BCUT2D eigenvalue weighted by atomic mass is 9.83. The molecule has 1 aliphatic carbocycles. The third-order valence-corrected chi connectivity index (χ3v) is 6.45. The first-order chi connectivity index (χ1) is 12.4. The average molecular weight is 372 g/mol. The van der Waals surface area contributed by atoms with Gasteiger partial charge in [0.05, 0.1) is 4.90 Å². The molecule has 3 rings (SSSR count). The van der Waals surface area contributed by atoms with Crippen molar-refractivity contribution in [3.05, 3.63) is 64.7 Å². The van der Waals surface area contributed by atoms with Crippen LogP contribution in [0.3, 0.4) is 0 Å². The summed E-state index contributed by atoms with van der Waals surface area (Å²) < 4.78 is 26.3.